The van der Waals surface area contributed by atoms with Gasteiger partial charge in [0.05, 0.1) is 6.61 Å². The van der Waals surface area contributed by atoms with Gasteiger partial charge >= 0.3 is 0 Å². The van der Waals surface area contributed by atoms with Crippen LogP contribution in [0.2, 0.25) is 0 Å². The van der Waals surface area contributed by atoms with E-state index in [0.717, 1.165) is 12.4 Å². The molecule has 0 aliphatic carbocycles. The lowest BCUT2D eigenvalue weighted by Gasteiger charge is -2.30. The standard InChI is InChI=1S/C14H25N3O/c1-11(2)17(9-10-18-5)14-13(12(3)15-4)7-6-8-16-14/h6-8,11-12,15H,9-10H2,1-5H3. The van der Waals surface area contributed by atoms with Gasteiger partial charge in [-0.05, 0) is 33.9 Å². The highest BCUT2D eigenvalue weighted by Crippen LogP contribution is 2.24. The maximum absolute atomic E-state index is 5.19. The zero-order chi connectivity index (χ0) is 13.5. The first-order valence-corrected chi connectivity index (χ1v) is 6.49. The van der Waals surface area contributed by atoms with Crippen LogP contribution in [0.5, 0.6) is 0 Å². The van der Waals surface area contributed by atoms with E-state index in [9.17, 15) is 0 Å². The van der Waals surface area contributed by atoms with Crippen molar-refractivity contribution in [2.75, 3.05) is 32.2 Å². The van der Waals surface area contributed by atoms with Crippen LogP contribution in [0, 0.1) is 0 Å². The van der Waals surface area contributed by atoms with Crippen LogP contribution in [0.25, 0.3) is 0 Å². The van der Waals surface area contributed by atoms with Crippen LogP contribution in [0.15, 0.2) is 18.3 Å². The predicted molar refractivity (Wildman–Crippen MR) is 76.1 cm³/mol. The van der Waals surface area contributed by atoms with Gasteiger partial charge in [0, 0.05) is 37.5 Å². The molecule has 0 bridgehead atoms. The summed E-state index contributed by atoms with van der Waals surface area (Å²) in [4.78, 5) is 6.84. The zero-order valence-corrected chi connectivity index (χ0v) is 12.1. The average molecular weight is 251 g/mol. The zero-order valence-electron chi connectivity index (χ0n) is 12.1. The van der Waals surface area contributed by atoms with Gasteiger partial charge in [-0.25, -0.2) is 4.98 Å². The van der Waals surface area contributed by atoms with Crippen LogP contribution in [-0.2, 0) is 4.74 Å². The molecule has 102 valence electrons. The van der Waals surface area contributed by atoms with E-state index >= 15 is 0 Å². The van der Waals surface area contributed by atoms with Gasteiger partial charge in [0.2, 0.25) is 0 Å². The molecule has 0 saturated carbocycles. The molecule has 0 saturated heterocycles. The van der Waals surface area contributed by atoms with Crippen molar-refractivity contribution in [3.8, 4) is 0 Å². The highest BCUT2D eigenvalue weighted by molar-refractivity contribution is 5.49. The third kappa shape index (κ3) is 3.68. The number of hydrogen-bond donors (Lipinski definition) is 1. The number of hydrogen-bond acceptors (Lipinski definition) is 4. The Morgan fingerprint density at radius 3 is 2.67 bits per heavy atom. The molecule has 4 heteroatoms. The molecule has 1 rings (SSSR count). The van der Waals surface area contributed by atoms with Crippen LogP contribution in [0.4, 0.5) is 5.82 Å². The summed E-state index contributed by atoms with van der Waals surface area (Å²) in [5.74, 6) is 1.05. The Labute approximate surface area is 110 Å². The van der Waals surface area contributed by atoms with Crippen molar-refractivity contribution >= 4 is 5.82 Å². The van der Waals surface area contributed by atoms with E-state index in [1.54, 1.807) is 7.11 Å². The van der Waals surface area contributed by atoms with E-state index in [1.165, 1.54) is 5.56 Å². The molecule has 0 aliphatic rings. The van der Waals surface area contributed by atoms with Crippen molar-refractivity contribution < 1.29 is 4.74 Å². The van der Waals surface area contributed by atoms with Crippen LogP contribution in [0.3, 0.4) is 0 Å². The minimum atomic E-state index is 0.289. The lowest BCUT2D eigenvalue weighted by molar-refractivity contribution is 0.203. The molecule has 1 heterocycles. The first-order valence-electron chi connectivity index (χ1n) is 6.49. The fourth-order valence-corrected chi connectivity index (χ4v) is 1.94. The molecule has 0 aromatic carbocycles. The Bertz CT molecular complexity index is 355. The monoisotopic (exact) mass is 251 g/mol. The smallest absolute Gasteiger partial charge is 0.133 e. The number of ether oxygens (including phenoxy) is 1. The molecule has 0 radical (unpaired) electrons. The Morgan fingerprint density at radius 1 is 1.39 bits per heavy atom. The number of pyridine rings is 1. The summed E-state index contributed by atoms with van der Waals surface area (Å²) in [5.41, 5.74) is 1.23. The molecule has 1 atom stereocenters. The third-order valence-electron chi connectivity index (χ3n) is 3.15. The number of nitrogens with one attached hydrogen (secondary N) is 1. The lowest BCUT2D eigenvalue weighted by Crippen LogP contribution is -2.36. The second kappa shape index (κ2) is 7.34. The third-order valence-corrected chi connectivity index (χ3v) is 3.15. The van der Waals surface area contributed by atoms with Crippen molar-refractivity contribution in [3.63, 3.8) is 0 Å². The van der Waals surface area contributed by atoms with E-state index in [4.69, 9.17) is 4.74 Å². The molecule has 0 spiro atoms. The van der Waals surface area contributed by atoms with Crippen LogP contribution in [0.1, 0.15) is 32.4 Å². The number of methoxy groups -OCH3 is 1. The summed E-state index contributed by atoms with van der Waals surface area (Å²) in [6.45, 7) is 8.07. The maximum atomic E-state index is 5.19. The van der Waals surface area contributed by atoms with Gasteiger partial charge in [-0.3, -0.25) is 0 Å². The Balaban J connectivity index is 3.03. The molecule has 4 nitrogen and oxygen atoms in total. The average Bonchev–Trinajstić information content (AvgIpc) is 2.38. The minimum Gasteiger partial charge on any atom is -0.383 e. The van der Waals surface area contributed by atoms with Gasteiger partial charge in [0.1, 0.15) is 5.82 Å². The number of rotatable bonds is 7. The SMILES string of the molecule is CNC(C)c1cccnc1N(CCOC)C(C)C. The lowest BCUT2D eigenvalue weighted by atomic mass is 10.1. The first-order chi connectivity index (χ1) is 8.61. The number of aromatic nitrogens is 1. The molecule has 1 N–H and O–H groups in total. The Morgan fingerprint density at radius 2 is 2.11 bits per heavy atom. The van der Waals surface area contributed by atoms with Crippen molar-refractivity contribution in [1.82, 2.24) is 10.3 Å². The molecular weight excluding hydrogens is 226 g/mol. The first kappa shape index (κ1) is 14.9. The Kier molecular flexibility index (Phi) is 6.09. The molecule has 18 heavy (non-hydrogen) atoms. The van der Waals surface area contributed by atoms with E-state index in [0.29, 0.717) is 12.6 Å². The molecule has 0 aliphatic heterocycles. The van der Waals surface area contributed by atoms with E-state index in [-0.39, 0.29) is 6.04 Å². The van der Waals surface area contributed by atoms with Crippen molar-refractivity contribution in [3.05, 3.63) is 23.9 Å². The molecule has 0 fully saturated rings. The van der Waals surface area contributed by atoms with Gasteiger partial charge in [-0.2, -0.15) is 0 Å². The highest BCUT2D eigenvalue weighted by Gasteiger charge is 2.17. The fraction of sp³-hybridized carbons (Fsp3) is 0.643. The van der Waals surface area contributed by atoms with Gasteiger partial charge < -0.3 is 15.0 Å². The van der Waals surface area contributed by atoms with Crippen molar-refractivity contribution in [2.24, 2.45) is 0 Å². The number of anilines is 1. The molecule has 1 aromatic heterocycles. The molecule has 1 unspecified atom stereocenters. The summed E-state index contributed by atoms with van der Waals surface area (Å²) in [5, 5.41) is 3.27. The van der Waals surface area contributed by atoms with E-state index in [2.05, 4.69) is 42.0 Å². The summed E-state index contributed by atoms with van der Waals surface area (Å²) in [7, 11) is 3.70. The second-order valence-electron chi connectivity index (χ2n) is 4.71. The quantitative estimate of drug-likeness (QED) is 0.806. The topological polar surface area (TPSA) is 37.4 Å². The normalized spacial score (nSPS) is 12.8. The van der Waals surface area contributed by atoms with Gasteiger partial charge in [0.25, 0.3) is 0 Å². The second-order valence-corrected chi connectivity index (χ2v) is 4.71. The van der Waals surface area contributed by atoms with E-state index < -0.39 is 0 Å². The van der Waals surface area contributed by atoms with Crippen molar-refractivity contribution in [1.29, 1.82) is 0 Å². The molecule has 1 aromatic rings. The Hall–Kier alpha value is -1.13. The highest BCUT2D eigenvalue weighted by atomic mass is 16.5. The van der Waals surface area contributed by atoms with Crippen molar-refractivity contribution in [2.45, 2.75) is 32.9 Å². The number of nitrogens with zero attached hydrogens (tertiary/aromatic N) is 2. The minimum absolute atomic E-state index is 0.289. The molecule has 0 amide bonds. The molecular formula is C14H25N3O. The summed E-state index contributed by atoms with van der Waals surface area (Å²) in [6, 6.07) is 4.81. The predicted octanol–water partition coefficient (Wildman–Crippen LogP) is 2.22. The van der Waals surface area contributed by atoms with Gasteiger partial charge in [-0.15, -0.1) is 0 Å². The summed E-state index contributed by atoms with van der Waals surface area (Å²) in [6.07, 6.45) is 1.85. The van der Waals surface area contributed by atoms with Gasteiger partial charge in [0.15, 0.2) is 0 Å². The largest absolute Gasteiger partial charge is 0.383 e. The fourth-order valence-electron chi connectivity index (χ4n) is 1.94. The van der Waals surface area contributed by atoms with Crippen LogP contribution in [-0.4, -0.2) is 38.3 Å². The van der Waals surface area contributed by atoms with E-state index in [1.807, 2.05) is 19.3 Å². The summed E-state index contributed by atoms with van der Waals surface area (Å²) < 4.78 is 5.19. The summed E-state index contributed by atoms with van der Waals surface area (Å²) >= 11 is 0. The maximum Gasteiger partial charge on any atom is 0.133 e. The van der Waals surface area contributed by atoms with Gasteiger partial charge in [-0.1, -0.05) is 6.07 Å². The van der Waals surface area contributed by atoms with Crippen LogP contribution >= 0.6 is 0 Å². The van der Waals surface area contributed by atoms with Crippen LogP contribution < -0.4 is 10.2 Å².